The zero-order chi connectivity index (χ0) is 13.7. The molecule has 0 radical (unpaired) electrons. The van der Waals surface area contributed by atoms with Crippen LogP contribution in [0.2, 0.25) is 0 Å². The van der Waals surface area contributed by atoms with Gasteiger partial charge in [0, 0.05) is 17.3 Å². The first-order valence-electron chi connectivity index (χ1n) is 6.07. The molecule has 4 heteroatoms. The third-order valence-corrected chi connectivity index (χ3v) is 2.72. The van der Waals surface area contributed by atoms with Crippen LogP contribution in [0.5, 0.6) is 5.75 Å². The molecule has 2 aromatic rings. The lowest BCUT2D eigenvalue weighted by Gasteiger charge is -2.09. The van der Waals surface area contributed by atoms with E-state index >= 15 is 0 Å². The maximum atomic E-state index is 8.67. The predicted octanol–water partition coefficient (Wildman–Crippen LogP) is 3.12. The van der Waals surface area contributed by atoms with Gasteiger partial charge in [-0.2, -0.15) is 10.4 Å². The Morgan fingerprint density at radius 2 is 2.37 bits per heavy atom. The molecule has 0 amide bonds. The molecule has 96 valence electrons. The molecule has 0 saturated heterocycles. The number of aromatic nitrogens is 2. The first-order chi connectivity index (χ1) is 9.28. The highest BCUT2D eigenvalue weighted by Crippen LogP contribution is 2.31. The van der Waals surface area contributed by atoms with E-state index < -0.39 is 0 Å². The molecule has 0 N–H and O–H groups in total. The second-order valence-electron chi connectivity index (χ2n) is 3.98. The van der Waals surface area contributed by atoms with Crippen molar-refractivity contribution in [2.24, 2.45) is 0 Å². The van der Waals surface area contributed by atoms with Crippen LogP contribution in [-0.4, -0.2) is 16.4 Å². The Labute approximate surface area is 112 Å². The van der Waals surface area contributed by atoms with Gasteiger partial charge in [0.1, 0.15) is 12.3 Å². The third-order valence-electron chi connectivity index (χ3n) is 2.72. The third kappa shape index (κ3) is 2.83. The SMILES string of the molecule is C=Cc1ccc(OCC)c(-c2cnn(CC#N)c2)c1. The normalized spacial score (nSPS) is 9.89. The largest absolute Gasteiger partial charge is 0.493 e. The van der Waals surface area contributed by atoms with E-state index in [9.17, 15) is 0 Å². The Hall–Kier alpha value is -2.54. The summed E-state index contributed by atoms with van der Waals surface area (Å²) in [6.45, 7) is 6.57. The minimum absolute atomic E-state index is 0.241. The van der Waals surface area contributed by atoms with Crippen LogP contribution in [-0.2, 0) is 6.54 Å². The first-order valence-corrected chi connectivity index (χ1v) is 6.07. The van der Waals surface area contributed by atoms with E-state index in [0.717, 1.165) is 22.4 Å². The van der Waals surface area contributed by atoms with E-state index in [0.29, 0.717) is 6.61 Å². The van der Waals surface area contributed by atoms with E-state index in [4.69, 9.17) is 10.00 Å². The molecule has 1 heterocycles. The zero-order valence-electron chi connectivity index (χ0n) is 10.8. The molecular formula is C15H15N3O. The Bertz CT molecular complexity index is 623. The smallest absolute Gasteiger partial charge is 0.128 e. The van der Waals surface area contributed by atoms with Crippen LogP contribution in [0.25, 0.3) is 17.2 Å². The van der Waals surface area contributed by atoms with Crippen LogP contribution >= 0.6 is 0 Å². The molecule has 0 aliphatic heterocycles. The van der Waals surface area contributed by atoms with Crippen LogP contribution in [0, 0.1) is 11.3 Å². The van der Waals surface area contributed by atoms with Gasteiger partial charge in [0.25, 0.3) is 0 Å². The van der Waals surface area contributed by atoms with E-state index in [1.54, 1.807) is 17.0 Å². The van der Waals surface area contributed by atoms with E-state index in [-0.39, 0.29) is 6.54 Å². The molecule has 1 aromatic heterocycles. The summed E-state index contributed by atoms with van der Waals surface area (Å²) in [5.74, 6) is 0.810. The quantitative estimate of drug-likeness (QED) is 0.822. The summed E-state index contributed by atoms with van der Waals surface area (Å²) in [6, 6.07) is 7.96. The summed E-state index contributed by atoms with van der Waals surface area (Å²) in [5, 5.41) is 12.8. The van der Waals surface area contributed by atoms with Gasteiger partial charge in [0.15, 0.2) is 0 Å². The van der Waals surface area contributed by atoms with Crippen molar-refractivity contribution in [2.45, 2.75) is 13.5 Å². The number of nitrogens with zero attached hydrogens (tertiary/aromatic N) is 3. The van der Waals surface area contributed by atoms with E-state index in [1.165, 1.54) is 0 Å². The number of hydrogen-bond donors (Lipinski definition) is 0. The van der Waals surface area contributed by atoms with Gasteiger partial charge in [0.2, 0.25) is 0 Å². The molecule has 0 fully saturated rings. The van der Waals surface area contributed by atoms with Crippen LogP contribution in [0.15, 0.2) is 37.2 Å². The topological polar surface area (TPSA) is 50.8 Å². The lowest BCUT2D eigenvalue weighted by atomic mass is 10.0. The monoisotopic (exact) mass is 253 g/mol. The molecule has 2 rings (SSSR count). The molecule has 4 nitrogen and oxygen atoms in total. The van der Waals surface area contributed by atoms with Crippen molar-refractivity contribution in [2.75, 3.05) is 6.61 Å². The van der Waals surface area contributed by atoms with Crippen LogP contribution < -0.4 is 4.74 Å². The van der Waals surface area contributed by atoms with Gasteiger partial charge in [-0.3, -0.25) is 4.68 Å². The lowest BCUT2D eigenvalue weighted by Crippen LogP contribution is -1.95. The summed E-state index contributed by atoms with van der Waals surface area (Å²) in [5.41, 5.74) is 2.91. The van der Waals surface area contributed by atoms with Gasteiger partial charge >= 0.3 is 0 Å². The summed E-state index contributed by atoms with van der Waals surface area (Å²) in [4.78, 5) is 0. The van der Waals surface area contributed by atoms with Gasteiger partial charge in [-0.15, -0.1) is 0 Å². The summed E-state index contributed by atoms with van der Waals surface area (Å²) >= 11 is 0. The second-order valence-corrected chi connectivity index (χ2v) is 3.98. The minimum Gasteiger partial charge on any atom is -0.493 e. The second kappa shape index (κ2) is 5.87. The Morgan fingerprint density at radius 3 is 3.05 bits per heavy atom. The lowest BCUT2D eigenvalue weighted by molar-refractivity contribution is 0.341. The van der Waals surface area contributed by atoms with Gasteiger partial charge in [0.05, 0.1) is 18.9 Å². The van der Waals surface area contributed by atoms with Crippen LogP contribution in [0.3, 0.4) is 0 Å². The predicted molar refractivity (Wildman–Crippen MR) is 74.5 cm³/mol. The molecule has 0 aliphatic rings. The van der Waals surface area contributed by atoms with Crippen molar-refractivity contribution < 1.29 is 4.74 Å². The number of benzene rings is 1. The zero-order valence-corrected chi connectivity index (χ0v) is 10.8. The van der Waals surface area contributed by atoms with Crippen molar-refractivity contribution in [3.63, 3.8) is 0 Å². The highest BCUT2D eigenvalue weighted by molar-refractivity contribution is 5.72. The fourth-order valence-corrected chi connectivity index (χ4v) is 1.84. The highest BCUT2D eigenvalue weighted by atomic mass is 16.5. The molecule has 0 atom stereocenters. The Morgan fingerprint density at radius 1 is 1.53 bits per heavy atom. The first kappa shape index (κ1) is 12.9. The molecule has 1 aromatic carbocycles. The highest BCUT2D eigenvalue weighted by Gasteiger charge is 2.09. The number of hydrogen-bond acceptors (Lipinski definition) is 3. The van der Waals surface area contributed by atoms with Crippen molar-refractivity contribution >= 4 is 6.08 Å². The molecule has 0 bridgehead atoms. The molecule has 0 unspecified atom stereocenters. The fourth-order valence-electron chi connectivity index (χ4n) is 1.84. The number of nitriles is 1. The van der Waals surface area contributed by atoms with Gasteiger partial charge in [-0.05, 0) is 24.6 Å². The maximum Gasteiger partial charge on any atom is 0.128 e. The van der Waals surface area contributed by atoms with Gasteiger partial charge in [-0.1, -0.05) is 18.7 Å². The molecular weight excluding hydrogens is 238 g/mol. The van der Waals surface area contributed by atoms with Crippen LogP contribution in [0.4, 0.5) is 0 Å². The van der Waals surface area contributed by atoms with E-state index in [1.807, 2.05) is 31.3 Å². The number of ether oxygens (including phenoxy) is 1. The van der Waals surface area contributed by atoms with Gasteiger partial charge < -0.3 is 4.74 Å². The maximum absolute atomic E-state index is 8.67. The van der Waals surface area contributed by atoms with Crippen LogP contribution in [0.1, 0.15) is 12.5 Å². The van der Waals surface area contributed by atoms with Gasteiger partial charge in [-0.25, -0.2) is 0 Å². The minimum atomic E-state index is 0.241. The summed E-state index contributed by atoms with van der Waals surface area (Å²) < 4.78 is 7.23. The molecule has 0 aliphatic carbocycles. The molecule has 19 heavy (non-hydrogen) atoms. The Kier molecular flexibility index (Phi) is 3.99. The standard InChI is InChI=1S/C15H15N3O/c1-3-12-5-6-15(19-4-2)14(9-12)13-10-17-18(11-13)8-7-16/h3,5-6,9-11H,1,4,8H2,2H3. The summed E-state index contributed by atoms with van der Waals surface area (Å²) in [7, 11) is 0. The average Bonchev–Trinajstić information content (AvgIpc) is 2.88. The summed E-state index contributed by atoms with van der Waals surface area (Å²) in [6.07, 6.45) is 5.37. The van der Waals surface area contributed by atoms with Crippen molar-refractivity contribution in [3.8, 4) is 22.9 Å². The van der Waals surface area contributed by atoms with Crippen molar-refractivity contribution in [1.29, 1.82) is 5.26 Å². The Balaban J connectivity index is 2.45. The fraction of sp³-hybridized carbons (Fsp3) is 0.200. The molecule has 0 spiro atoms. The average molecular weight is 253 g/mol. The van der Waals surface area contributed by atoms with E-state index in [2.05, 4.69) is 17.7 Å². The molecule has 0 saturated carbocycles. The van der Waals surface area contributed by atoms with Crippen molar-refractivity contribution in [3.05, 3.63) is 42.7 Å². The van der Waals surface area contributed by atoms with Crippen molar-refractivity contribution in [1.82, 2.24) is 9.78 Å². The number of rotatable bonds is 5.